The highest BCUT2D eigenvalue weighted by atomic mass is 16.7. The summed E-state index contributed by atoms with van der Waals surface area (Å²) < 4.78 is 10.3. The highest BCUT2D eigenvalue weighted by Gasteiger charge is 2.44. The van der Waals surface area contributed by atoms with Crippen molar-refractivity contribution in [1.29, 1.82) is 0 Å². The van der Waals surface area contributed by atoms with Crippen LogP contribution < -0.4 is 5.32 Å². The Labute approximate surface area is 98.7 Å². The molecule has 3 unspecified atom stereocenters. The Morgan fingerprint density at radius 3 is 2.59 bits per heavy atom. The van der Waals surface area contributed by atoms with Gasteiger partial charge in [0.2, 0.25) is 5.91 Å². The van der Waals surface area contributed by atoms with E-state index in [1.165, 1.54) is 14.0 Å². The molecule has 3 N–H and O–H groups in total. The molecule has 1 heterocycles. The van der Waals surface area contributed by atoms with E-state index in [1.54, 1.807) is 0 Å². The maximum Gasteiger partial charge on any atom is 0.217 e. The van der Waals surface area contributed by atoms with Gasteiger partial charge in [-0.3, -0.25) is 4.79 Å². The number of aliphatic hydroxyl groups excluding tert-OH is 2. The highest BCUT2D eigenvalue weighted by Crippen LogP contribution is 2.23. The first-order valence-corrected chi connectivity index (χ1v) is 5.26. The first kappa shape index (κ1) is 14.0. The number of rotatable bonds is 4. The molecule has 0 aromatic carbocycles. The van der Waals surface area contributed by atoms with E-state index in [0.29, 0.717) is 6.29 Å². The lowest BCUT2D eigenvalue weighted by Crippen LogP contribution is -2.63. The molecule has 1 fully saturated rings. The molecule has 7 heteroatoms. The van der Waals surface area contributed by atoms with Crippen molar-refractivity contribution in [2.24, 2.45) is 0 Å². The summed E-state index contributed by atoms with van der Waals surface area (Å²) in [5, 5.41) is 22.0. The second-order valence-corrected chi connectivity index (χ2v) is 3.89. The number of carbonyl (C=O) groups excluding carboxylic acids is 2. The molecule has 0 saturated carbocycles. The normalized spacial score (nSPS) is 37.5. The van der Waals surface area contributed by atoms with Gasteiger partial charge < -0.3 is 29.8 Å². The van der Waals surface area contributed by atoms with Gasteiger partial charge in [0.15, 0.2) is 6.29 Å². The third-order valence-electron chi connectivity index (χ3n) is 2.63. The van der Waals surface area contributed by atoms with E-state index in [4.69, 9.17) is 9.47 Å². The lowest BCUT2D eigenvalue weighted by atomic mass is 9.95. The number of aldehydes is 1. The van der Waals surface area contributed by atoms with Crippen molar-refractivity contribution in [2.45, 2.75) is 44.0 Å². The Morgan fingerprint density at radius 2 is 2.12 bits per heavy atom. The van der Waals surface area contributed by atoms with Gasteiger partial charge in [0.25, 0.3) is 0 Å². The van der Waals surface area contributed by atoms with Crippen LogP contribution in [-0.2, 0) is 19.1 Å². The van der Waals surface area contributed by atoms with Crippen molar-refractivity contribution in [3.63, 3.8) is 0 Å². The van der Waals surface area contributed by atoms with Crippen LogP contribution in [0.4, 0.5) is 0 Å². The van der Waals surface area contributed by atoms with E-state index in [0.717, 1.165) is 0 Å². The summed E-state index contributed by atoms with van der Waals surface area (Å²) in [6.45, 7) is 1.28. The van der Waals surface area contributed by atoms with Gasteiger partial charge in [-0.1, -0.05) is 0 Å². The van der Waals surface area contributed by atoms with Crippen LogP contribution in [-0.4, -0.2) is 60.2 Å². The third kappa shape index (κ3) is 3.22. The number of nitrogens with one attached hydrogen (secondary N) is 1. The molecule has 1 aliphatic rings. The molecule has 1 amide bonds. The molecule has 1 rings (SSSR count). The van der Waals surface area contributed by atoms with Crippen molar-refractivity contribution in [1.82, 2.24) is 5.32 Å². The van der Waals surface area contributed by atoms with Gasteiger partial charge in [-0.2, -0.15) is 0 Å². The zero-order valence-corrected chi connectivity index (χ0v) is 9.70. The van der Waals surface area contributed by atoms with E-state index < -0.39 is 30.6 Å². The summed E-state index contributed by atoms with van der Waals surface area (Å²) in [6.07, 6.45) is -3.69. The fraction of sp³-hybridized carbons (Fsp3) is 0.800. The molecule has 98 valence electrons. The smallest absolute Gasteiger partial charge is 0.217 e. The van der Waals surface area contributed by atoms with Crippen molar-refractivity contribution in [3.05, 3.63) is 0 Å². The molecule has 0 aromatic rings. The molecule has 1 saturated heterocycles. The summed E-state index contributed by atoms with van der Waals surface area (Å²) in [5.74, 6) is -0.374. The van der Waals surface area contributed by atoms with Gasteiger partial charge in [0, 0.05) is 20.5 Å². The maximum atomic E-state index is 11.0. The van der Waals surface area contributed by atoms with Gasteiger partial charge >= 0.3 is 0 Å². The van der Waals surface area contributed by atoms with Crippen LogP contribution in [0.3, 0.4) is 0 Å². The topological polar surface area (TPSA) is 105 Å². The second kappa shape index (κ2) is 6.06. The minimum absolute atomic E-state index is 0.0507. The minimum Gasteiger partial charge on any atom is -0.388 e. The van der Waals surface area contributed by atoms with Gasteiger partial charge in [-0.25, -0.2) is 0 Å². The predicted octanol–water partition coefficient (Wildman–Crippen LogP) is -1.83. The largest absolute Gasteiger partial charge is 0.388 e. The van der Waals surface area contributed by atoms with Crippen LogP contribution >= 0.6 is 0 Å². The van der Waals surface area contributed by atoms with E-state index in [1.807, 2.05) is 0 Å². The lowest BCUT2D eigenvalue weighted by Gasteiger charge is -2.41. The van der Waals surface area contributed by atoms with E-state index in [-0.39, 0.29) is 12.3 Å². The Balaban J connectivity index is 2.78. The maximum absolute atomic E-state index is 11.0. The second-order valence-electron chi connectivity index (χ2n) is 3.89. The first-order valence-electron chi connectivity index (χ1n) is 5.26. The monoisotopic (exact) mass is 247 g/mol. The Bertz CT molecular complexity index is 282. The van der Waals surface area contributed by atoms with Crippen LogP contribution in [0.1, 0.15) is 13.3 Å². The van der Waals surface area contributed by atoms with Crippen molar-refractivity contribution in [2.75, 3.05) is 7.11 Å². The van der Waals surface area contributed by atoms with Gasteiger partial charge in [0.05, 0.1) is 6.10 Å². The zero-order valence-electron chi connectivity index (χ0n) is 9.70. The van der Waals surface area contributed by atoms with Gasteiger partial charge in [-0.05, 0) is 0 Å². The molecular formula is C10H17NO6. The predicted molar refractivity (Wildman–Crippen MR) is 56.0 cm³/mol. The number of hydrogen-bond acceptors (Lipinski definition) is 6. The zero-order chi connectivity index (χ0) is 13.0. The number of carbonyl (C=O) groups is 2. The molecule has 5 atom stereocenters. The van der Waals surface area contributed by atoms with Crippen LogP contribution in [0.5, 0.6) is 0 Å². The molecule has 0 radical (unpaired) electrons. The molecule has 0 aromatic heterocycles. The summed E-state index contributed by atoms with van der Waals surface area (Å²) in [4.78, 5) is 21.4. The molecule has 0 spiro atoms. The number of ether oxygens (including phenoxy) is 2. The minimum atomic E-state index is -1.25. The standard InChI is InChI=1S/C10H17NO6/c1-5(13)11-7-9(15)8(14)6(3-4-12)17-10(7)16-2/h4,6-10,14-15H,3H2,1-2H3,(H,11,13)/t6?,7?,8-,9?,10+/m0/s1. The van der Waals surface area contributed by atoms with E-state index in [2.05, 4.69) is 5.32 Å². The SMILES string of the molecule is CO[C@@H]1OC(CC=O)[C@H](O)C(O)C1NC(C)=O. The van der Waals surface area contributed by atoms with Crippen LogP contribution in [0.25, 0.3) is 0 Å². The fourth-order valence-electron chi connectivity index (χ4n) is 1.81. The highest BCUT2D eigenvalue weighted by molar-refractivity contribution is 5.73. The first-order chi connectivity index (χ1) is 8.01. The van der Waals surface area contributed by atoms with Gasteiger partial charge in [-0.15, -0.1) is 0 Å². The molecule has 1 aliphatic heterocycles. The number of aliphatic hydroxyl groups is 2. The number of amides is 1. The molecule has 7 nitrogen and oxygen atoms in total. The lowest BCUT2D eigenvalue weighted by molar-refractivity contribution is -0.255. The Morgan fingerprint density at radius 1 is 1.47 bits per heavy atom. The fourth-order valence-corrected chi connectivity index (χ4v) is 1.81. The van der Waals surface area contributed by atoms with Crippen LogP contribution in [0.15, 0.2) is 0 Å². The Kier molecular flexibility index (Phi) is 5.01. The van der Waals surface area contributed by atoms with Crippen LogP contribution in [0, 0.1) is 0 Å². The van der Waals surface area contributed by atoms with Crippen molar-refractivity contribution < 1.29 is 29.3 Å². The molecule has 17 heavy (non-hydrogen) atoms. The van der Waals surface area contributed by atoms with Crippen LogP contribution in [0.2, 0.25) is 0 Å². The summed E-state index contributed by atoms with van der Waals surface area (Å²) in [7, 11) is 1.35. The molecule has 0 aliphatic carbocycles. The van der Waals surface area contributed by atoms with Crippen molar-refractivity contribution in [3.8, 4) is 0 Å². The molecular weight excluding hydrogens is 230 g/mol. The average Bonchev–Trinajstić information content (AvgIpc) is 2.28. The molecule has 0 bridgehead atoms. The average molecular weight is 247 g/mol. The summed E-state index contributed by atoms with van der Waals surface area (Å²) in [5.41, 5.74) is 0. The third-order valence-corrected chi connectivity index (χ3v) is 2.63. The van der Waals surface area contributed by atoms with E-state index in [9.17, 15) is 19.8 Å². The number of hydrogen-bond donors (Lipinski definition) is 3. The number of methoxy groups -OCH3 is 1. The summed E-state index contributed by atoms with van der Waals surface area (Å²) in [6, 6.07) is -0.865. The van der Waals surface area contributed by atoms with E-state index >= 15 is 0 Å². The van der Waals surface area contributed by atoms with Crippen molar-refractivity contribution >= 4 is 12.2 Å². The quantitative estimate of drug-likeness (QED) is 0.505. The van der Waals surface area contributed by atoms with Gasteiger partial charge in [0.1, 0.15) is 24.5 Å². The summed E-state index contributed by atoms with van der Waals surface area (Å²) >= 11 is 0. The Hall–Kier alpha value is -1.02.